The van der Waals surface area contributed by atoms with Gasteiger partial charge in [0.1, 0.15) is 11.1 Å². The van der Waals surface area contributed by atoms with Crippen molar-refractivity contribution in [1.29, 1.82) is 0 Å². The standard InChI is InChI=1S/C20H17N3O4/c24-19-20(18(21-27-19)13-5-2-1-3-6-13)12-14-11-15(23(25)26)8-9-16(14)22-10-4-7-17(20)22/h1-3,5-6,8-9,11,17H,4,7,10,12H2. The Hall–Kier alpha value is -3.22. The summed E-state index contributed by atoms with van der Waals surface area (Å²) in [4.78, 5) is 31.3. The van der Waals surface area contributed by atoms with Crippen molar-refractivity contribution in [3.05, 3.63) is 69.8 Å². The first-order chi connectivity index (χ1) is 13.1. The zero-order valence-corrected chi connectivity index (χ0v) is 14.5. The highest BCUT2D eigenvalue weighted by atomic mass is 16.7. The molecule has 0 bridgehead atoms. The number of hydrogen-bond acceptors (Lipinski definition) is 6. The number of non-ortho nitro benzene ring substituents is 1. The number of benzene rings is 2. The Kier molecular flexibility index (Phi) is 3.34. The van der Waals surface area contributed by atoms with Gasteiger partial charge in [-0.25, -0.2) is 4.79 Å². The normalized spacial score (nSPS) is 25.8. The predicted octanol–water partition coefficient (Wildman–Crippen LogP) is 3.07. The SMILES string of the molecule is O=C1ON=C(c2ccccc2)C12Cc1cc([N+](=O)[O-])ccc1N1CCCC12. The molecule has 0 saturated carbocycles. The van der Waals surface area contributed by atoms with Crippen molar-refractivity contribution < 1.29 is 14.6 Å². The molecule has 3 heterocycles. The Morgan fingerprint density at radius 1 is 1.22 bits per heavy atom. The van der Waals surface area contributed by atoms with E-state index in [-0.39, 0.29) is 17.7 Å². The van der Waals surface area contributed by atoms with E-state index in [1.807, 2.05) is 30.3 Å². The average Bonchev–Trinajstić information content (AvgIpc) is 3.29. The second-order valence-corrected chi connectivity index (χ2v) is 7.25. The van der Waals surface area contributed by atoms with E-state index in [1.54, 1.807) is 12.1 Å². The number of oxime groups is 1. The van der Waals surface area contributed by atoms with Gasteiger partial charge in [-0.05, 0) is 30.9 Å². The van der Waals surface area contributed by atoms with Crippen LogP contribution in [0.4, 0.5) is 11.4 Å². The van der Waals surface area contributed by atoms with Crippen molar-refractivity contribution in [2.75, 3.05) is 11.4 Å². The smallest absolute Gasteiger partial charge is 0.349 e. The minimum atomic E-state index is -0.930. The maximum absolute atomic E-state index is 13.0. The Bertz CT molecular complexity index is 988. The highest BCUT2D eigenvalue weighted by Crippen LogP contribution is 2.50. The van der Waals surface area contributed by atoms with E-state index in [4.69, 9.17) is 4.84 Å². The van der Waals surface area contributed by atoms with Crippen LogP contribution in [-0.2, 0) is 16.1 Å². The predicted molar refractivity (Wildman–Crippen MR) is 98.7 cm³/mol. The Morgan fingerprint density at radius 2 is 2.04 bits per heavy atom. The fourth-order valence-corrected chi connectivity index (χ4v) is 4.80. The molecule has 2 aromatic carbocycles. The van der Waals surface area contributed by atoms with E-state index in [9.17, 15) is 14.9 Å². The van der Waals surface area contributed by atoms with Crippen LogP contribution in [0.3, 0.4) is 0 Å². The van der Waals surface area contributed by atoms with Gasteiger partial charge in [0.2, 0.25) is 0 Å². The van der Waals surface area contributed by atoms with Crippen molar-refractivity contribution in [1.82, 2.24) is 0 Å². The maximum Gasteiger partial charge on any atom is 0.349 e. The van der Waals surface area contributed by atoms with Gasteiger partial charge in [0.15, 0.2) is 0 Å². The lowest BCUT2D eigenvalue weighted by Gasteiger charge is -2.44. The van der Waals surface area contributed by atoms with Crippen LogP contribution < -0.4 is 4.90 Å². The van der Waals surface area contributed by atoms with E-state index in [0.717, 1.165) is 36.2 Å². The van der Waals surface area contributed by atoms with Crippen molar-refractivity contribution in [3.8, 4) is 0 Å². The first kappa shape index (κ1) is 16.0. The molecule has 0 amide bonds. The van der Waals surface area contributed by atoms with E-state index < -0.39 is 10.3 Å². The zero-order valence-electron chi connectivity index (χ0n) is 14.5. The highest BCUT2D eigenvalue weighted by molar-refractivity contribution is 6.19. The lowest BCUT2D eigenvalue weighted by atomic mass is 9.66. The molecule has 7 nitrogen and oxygen atoms in total. The summed E-state index contributed by atoms with van der Waals surface area (Å²) < 4.78 is 0. The monoisotopic (exact) mass is 363 g/mol. The van der Waals surface area contributed by atoms with Crippen LogP contribution in [0.2, 0.25) is 0 Å². The van der Waals surface area contributed by atoms with Gasteiger partial charge in [-0.2, -0.15) is 0 Å². The van der Waals surface area contributed by atoms with Crippen LogP contribution in [0.5, 0.6) is 0 Å². The number of hydrogen-bond donors (Lipinski definition) is 0. The topological polar surface area (TPSA) is 85.0 Å². The molecule has 2 unspecified atom stereocenters. The van der Waals surface area contributed by atoms with Crippen LogP contribution in [-0.4, -0.2) is 29.2 Å². The maximum atomic E-state index is 13.0. The molecule has 2 aromatic rings. The van der Waals surface area contributed by atoms with Gasteiger partial charge in [0, 0.05) is 29.9 Å². The zero-order chi connectivity index (χ0) is 18.6. The summed E-state index contributed by atoms with van der Waals surface area (Å²) in [5, 5.41) is 15.4. The van der Waals surface area contributed by atoms with Gasteiger partial charge in [-0.3, -0.25) is 10.1 Å². The molecule has 1 saturated heterocycles. The number of rotatable bonds is 2. The molecule has 7 heteroatoms. The van der Waals surface area contributed by atoms with Gasteiger partial charge in [0.05, 0.1) is 11.0 Å². The summed E-state index contributed by atoms with van der Waals surface area (Å²) in [6.07, 6.45) is 2.17. The van der Waals surface area contributed by atoms with Crippen LogP contribution >= 0.6 is 0 Å². The Labute approximate surface area is 155 Å². The molecule has 3 aliphatic rings. The molecule has 1 spiro atoms. The average molecular weight is 363 g/mol. The fourth-order valence-electron chi connectivity index (χ4n) is 4.80. The van der Waals surface area contributed by atoms with E-state index in [2.05, 4.69) is 10.1 Å². The summed E-state index contributed by atoms with van der Waals surface area (Å²) in [7, 11) is 0. The number of anilines is 1. The summed E-state index contributed by atoms with van der Waals surface area (Å²) in [6.45, 7) is 0.812. The number of fused-ring (bicyclic) bond motifs is 4. The lowest BCUT2D eigenvalue weighted by molar-refractivity contribution is -0.384. The summed E-state index contributed by atoms with van der Waals surface area (Å²) in [5.74, 6) is -0.365. The van der Waals surface area contributed by atoms with Crippen LogP contribution in [0.1, 0.15) is 24.0 Å². The fraction of sp³-hybridized carbons (Fsp3) is 0.300. The minimum absolute atomic E-state index is 0.0334. The van der Waals surface area contributed by atoms with Crippen molar-refractivity contribution in [3.63, 3.8) is 0 Å². The molecule has 3 aliphatic heterocycles. The molecule has 2 atom stereocenters. The summed E-state index contributed by atoms with van der Waals surface area (Å²) in [6, 6.07) is 14.4. The third-order valence-corrected chi connectivity index (χ3v) is 5.93. The first-order valence-corrected chi connectivity index (χ1v) is 9.00. The van der Waals surface area contributed by atoms with Crippen LogP contribution in [0.15, 0.2) is 53.7 Å². The number of carbonyl (C=O) groups is 1. The molecule has 27 heavy (non-hydrogen) atoms. The molecular weight excluding hydrogens is 346 g/mol. The molecular formula is C20H17N3O4. The lowest BCUT2D eigenvalue weighted by Crippen LogP contribution is -2.56. The number of nitro benzene ring substituents is 1. The molecule has 1 fully saturated rings. The quantitative estimate of drug-likeness (QED) is 0.465. The van der Waals surface area contributed by atoms with Gasteiger partial charge in [-0.15, -0.1) is 0 Å². The molecule has 5 rings (SSSR count). The second-order valence-electron chi connectivity index (χ2n) is 7.25. The molecule has 0 aliphatic carbocycles. The van der Waals surface area contributed by atoms with Gasteiger partial charge >= 0.3 is 5.97 Å². The summed E-state index contributed by atoms with van der Waals surface area (Å²) in [5.41, 5.74) is 2.35. The van der Waals surface area contributed by atoms with Crippen molar-refractivity contribution >= 4 is 23.1 Å². The largest absolute Gasteiger partial charge is 0.367 e. The molecule has 136 valence electrons. The van der Waals surface area contributed by atoms with Crippen molar-refractivity contribution in [2.24, 2.45) is 10.6 Å². The summed E-state index contributed by atoms with van der Waals surface area (Å²) >= 11 is 0. The highest BCUT2D eigenvalue weighted by Gasteiger charge is 2.61. The van der Waals surface area contributed by atoms with E-state index in [0.29, 0.717) is 12.1 Å². The molecule has 0 radical (unpaired) electrons. The number of nitro groups is 1. The van der Waals surface area contributed by atoms with Gasteiger partial charge < -0.3 is 9.74 Å². The third-order valence-electron chi connectivity index (χ3n) is 5.93. The van der Waals surface area contributed by atoms with Crippen LogP contribution in [0, 0.1) is 15.5 Å². The van der Waals surface area contributed by atoms with E-state index in [1.165, 1.54) is 6.07 Å². The third kappa shape index (κ3) is 2.14. The number of carbonyl (C=O) groups excluding carboxylic acids is 1. The van der Waals surface area contributed by atoms with Crippen molar-refractivity contribution in [2.45, 2.75) is 25.3 Å². The first-order valence-electron chi connectivity index (χ1n) is 9.00. The van der Waals surface area contributed by atoms with Gasteiger partial charge in [-0.1, -0.05) is 35.5 Å². The van der Waals surface area contributed by atoms with Crippen LogP contribution in [0.25, 0.3) is 0 Å². The molecule has 0 aromatic heterocycles. The molecule has 0 N–H and O–H groups in total. The Balaban J connectivity index is 1.70. The Morgan fingerprint density at radius 3 is 2.81 bits per heavy atom. The second kappa shape index (κ2) is 5.64. The minimum Gasteiger partial charge on any atom is -0.367 e. The van der Waals surface area contributed by atoms with E-state index >= 15 is 0 Å². The number of nitrogens with zero attached hydrogens (tertiary/aromatic N) is 3. The van der Waals surface area contributed by atoms with Gasteiger partial charge in [0.25, 0.3) is 5.69 Å².